The van der Waals surface area contributed by atoms with Gasteiger partial charge in [-0.2, -0.15) is 4.98 Å². The minimum Gasteiger partial charge on any atom is -0.367 e. The van der Waals surface area contributed by atoms with E-state index in [1.165, 1.54) is 0 Å². The van der Waals surface area contributed by atoms with Crippen molar-refractivity contribution in [3.63, 3.8) is 0 Å². The van der Waals surface area contributed by atoms with Gasteiger partial charge in [-0.1, -0.05) is 36.7 Å². The van der Waals surface area contributed by atoms with E-state index >= 15 is 0 Å². The number of anilines is 2. The van der Waals surface area contributed by atoms with Crippen molar-refractivity contribution in [1.29, 1.82) is 0 Å². The first-order valence-electron chi connectivity index (χ1n) is 7.18. The molecule has 0 bridgehead atoms. The standard InChI is InChI=1S/C16H21ClN4/c1-4-11(2)19-15-9-12(3)20-16(21-15)18-10-13-7-5-6-8-14(13)17/h5-9,11H,4,10H2,1-3H3,(H2,18,19,20,21). The van der Waals surface area contributed by atoms with Gasteiger partial charge < -0.3 is 10.6 Å². The highest BCUT2D eigenvalue weighted by Crippen LogP contribution is 2.17. The van der Waals surface area contributed by atoms with E-state index in [0.29, 0.717) is 18.5 Å². The summed E-state index contributed by atoms with van der Waals surface area (Å²) in [5.74, 6) is 1.46. The number of aryl methyl sites for hydroxylation is 1. The van der Waals surface area contributed by atoms with Crippen LogP contribution in [0.5, 0.6) is 0 Å². The summed E-state index contributed by atoms with van der Waals surface area (Å²) in [6.45, 7) is 6.84. The number of hydrogen-bond acceptors (Lipinski definition) is 4. The molecule has 1 aromatic carbocycles. The highest BCUT2D eigenvalue weighted by Gasteiger charge is 2.05. The van der Waals surface area contributed by atoms with E-state index < -0.39 is 0 Å². The maximum atomic E-state index is 6.15. The fourth-order valence-corrected chi connectivity index (χ4v) is 2.09. The SMILES string of the molecule is CCC(C)Nc1cc(C)nc(NCc2ccccc2Cl)n1. The maximum Gasteiger partial charge on any atom is 0.225 e. The van der Waals surface area contributed by atoms with Gasteiger partial charge >= 0.3 is 0 Å². The van der Waals surface area contributed by atoms with Crippen molar-refractivity contribution in [2.45, 2.75) is 39.8 Å². The lowest BCUT2D eigenvalue weighted by Crippen LogP contribution is -2.16. The summed E-state index contributed by atoms with van der Waals surface area (Å²) >= 11 is 6.15. The Bertz CT molecular complexity index is 601. The van der Waals surface area contributed by atoms with E-state index in [1.54, 1.807) is 0 Å². The van der Waals surface area contributed by atoms with Gasteiger partial charge in [0.15, 0.2) is 0 Å². The molecule has 0 saturated carbocycles. The van der Waals surface area contributed by atoms with Crippen LogP contribution in [0, 0.1) is 6.92 Å². The van der Waals surface area contributed by atoms with Crippen molar-refractivity contribution < 1.29 is 0 Å². The number of nitrogens with zero attached hydrogens (tertiary/aromatic N) is 2. The molecule has 5 heteroatoms. The number of nitrogens with one attached hydrogen (secondary N) is 2. The molecule has 1 unspecified atom stereocenters. The molecule has 0 aliphatic carbocycles. The van der Waals surface area contributed by atoms with Gasteiger partial charge in [-0.3, -0.25) is 0 Å². The van der Waals surface area contributed by atoms with Crippen molar-refractivity contribution in [2.75, 3.05) is 10.6 Å². The van der Waals surface area contributed by atoms with Crippen molar-refractivity contribution in [3.8, 4) is 0 Å². The molecule has 2 aromatic rings. The van der Waals surface area contributed by atoms with Crippen molar-refractivity contribution in [1.82, 2.24) is 9.97 Å². The van der Waals surface area contributed by atoms with Crippen LogP contribution in [-0.4, -0.2) is 16.0 Å². The van der Waals surface area contributed by atoms with Crippen LogP contribution in [0.2, 0.25) is 5.02 Å². The Kier molecular flexibility index (Phi) is 5.39. The largest absolute Gasteiger partial charge is 0.367 e. The zero-order chi connectivity index (χ0) is 15.2. The second-order valence-corrected chi connectivity index (χ2v) is 5.52. The Hall–Kier alpha value is -1.81. The second kappa shape index (κ2) is 7.27. The van der Waals surface area contributed by atoms with Gasteiger partial charge in [-0.25, -0.2) is 4.98 Å². The summed E-state index contributed by atoms with van der Waals surface area (Å²) in [6, 6.07) is 10.1. The Morgan fingerprint density at radius 2 is 2.00 bits per heavy atom. The molecule has 21 heavy (non-hydrogen) atoms. The molecule has 1 aromatic heterocycles. The zero-order valence-corrected chi connectivity index (χ0v) is 13.4. The van der Waals surface area contributed by atoms with E-state index in [0.717, 1.165) is 28.5 Å². The summed E-state index contributed by atoms with van der Waals surface area (Å²) in [7, 11) is 0. The molecule has 0 aliphatic heterocycles. The minimum atomic E-state index is 0.385. The average molecular weight is 305 g/mol. The molecule has 1 atom stereocenters. The zero-order valence-electron chi connectivity index (χ0n) is 12.7. The lowest BCUT2D eigenvalue weighted by molar-refractivity contribution is 0.758. The van der Waals surface area contributed by atoms with E-state index in [1.807, 2.05) is 37.3 Å². The molecule has 0 radical (unpaired) electrons. The molecule has 1 heterocycles. The predicted molar refractivity (Wildman–Crippen MR) is 88.9 cm³/mol. The van der Waals surface area contributed by atoms with Crippen LogP contribution in [-0.2, 0) is 6.54 Å². The van der Waals surface area contributed by atoms with E-state index in [2.05, 4.69) is 34.4 Å². The fraction of sp³-hybridized carbons (Fsp3) is 0.375. The number of halogens is 1. The number of benzene rings is 1. The normalized spacial score (nSPS) is 12.0. The Balaban J connectivity index is 2.08. The molecule has 112 valence electrons. The Morgan fingerprint density at radius 1 is 1.24 bits per heavy atom. The summed E-state index contributed by atoms with van der Waals surface area (Å²) in [4.78, 5) is 8.90. The quantitative estimate of drug-likeness (QED) is 0.837. The van der Waals surface area contributed by atoms with Gasteiger partial charge in [0, 0.05) is 29.4 Å². The minimum absolute atomic E-state index is 0.385. The molecule has 0 spiro atoms. The van der Waals surface area contributed by atoms with Gasteiger partial charge in [0.05, 0.1) is 0 Å². The predicted octanol–water partition coefficient (Wildman–Crippen LogP) is 4.26. The van der Waals surface area contributed by atoms with Gasteiger partial charge in [0.1, 0.15) is 5.82 Å². The maximum absolute atomic E-state index is 6.15. The summed E-state index contributed by atoms with van der Waals surface area (Å²) < 4.78 is 0. The van der Waals surface area contributed by atoms with Gasteiger partial charge in [0.2, 0.25) is 5.95 Å². The van der Waals surface area contributed by atoms with Crippen molar-refractivity contribution in [2.24, 2.45) is 0 Å². The molecule has 2 rings (SSSR count). The van der Waals surface area contributed by atoms with E-state index in [-0.39, 0.29) is 0 Å². The molecule has 0 aliphatic rings. The third kappa shape index (κ3) is 4.60. The van der Waals surface area contributed by atoms with Crippen LogP contribution in [0.1, 0.15) is 31.5 Å². The second-order valence-electron chi connectivity index (χ2n) is 5.12. The van der Waals surface area contributed by atoms with Crippen LogP contribution < -0.4 is 10.6 Å². The molecule has 2 N–H and O–H groups in total. The molecule has 4 nitrogen and oxygen atoms in total. The summed E-state index contributed by atoms with van der Waals surface area (Å²) in [6.07, 6.45) is 1.05. The van der Waals surface area contributed by atoms with Gasteiger partial charge in [-0.05, 0) is 31.9 Å². The van der Waals surface area contributed by atoms with Crippen LogP contribution in [0.25, 0.3) is 0 Å². The number of hydrogen-bond donors (Lipinski definition) is 2. The third-order valence-electron chi connectivity index (χ3n) is 3.26. The highest BCUT2D eigenvalue weighted by molar-refractivity contribution is 6.31. The molecular weight excluding hydrogens is 284 g/mol. The molecule has 0 fully saturated rings. The molecule has 0 amide bonds. The van der Waals surface area contributed by atoms with Crippen LogP contribution >= 0.6 is 11.6 Å². The average Bonchev–Trinajstić information content (AvgIpc) is 2.45. The third-order valence-corrected chi connectivity index (χ3v) is 3.62. The molecular formula is C16H21ClN4. The lowest BCUT2D eigenvalue weighted by Gasteiger charge is -2.14. The first kappa shape index (κ1) is 15.6. The van der Waals surface area contributed by atoms with Gasteiger partial charge in [0.25, 0.3) is 0 Å². The van der Waals surface area contributed by atoms with Gasteiger partial charge in [-0.15, -0.1) is 0 Å². The van der Waals surface area contributed by atoms with Crippen molar-refractivity contribution >= 4 is 23.4 Å². The number of rotatable bonds is 6. The van der Waals surface area contributed by atoms with E-state index in [4.69, 9.17) is 11.6 Å². The van der Waals surface area contributed by atoms with E-state index in [9.17, 15) is 0 Å². The summed E-state index contributed by atoms with van der Waals surface area (Å²) in [5.41, 5.74) is 1.96. The highest BCUT2D eigenvalue weighted by atomic mass is 35.5. The topological polar surface area (TPSA) is 49.8 Å². The van der Waals surface area contributed by atoms with Crippen LogP contribution in [0.3, 0.4) is 0 Å². The first-order valence-corrected chi connectivity index (χ1v) is 7.55. The van der Waals surface area contributed by atoms with Crippen LogP contribution in [0.4, 0.5) is 11.8 Å². The van der Waals surface area contributed by atoms with Crippen LogP contribution in [0.15, 0.2) is 30.3 Å². The Morgan fingerprint density at radius 3 is 2.71 bits per heavy atom. The van der Waals surface area contributed by atoms with Crippen molar-refractivity contribution in [3.05, 3.63) is 46.6 Å². The number of aromatic nitrogens is 2. The summed E-state index contributed by atoms with van der Waals surface area (Å²) in [5, 5.41) is 7.34. The molecule has 0 saturated heterocycles. The first-order chi connectivity index (χ1) is 10.1. The lowest BCUT2D eigenvalue weighted by atomic mass is 10.2. The monoisotopic (exact) mass is 304 g/mol. The smallest absolute Gasteiger partial charge is 0.225 e. The Labute approximate surface area is 131 Å². The fourth-order valence-electron chi connectivity index (χ4n) is 1.89.